The predicted molar refractivity (Wildman–Crippen MR) is 80.4 cm³/mol. The van der Waals surface area contributed by atoms with Crippen LogP contribution in [0.5, 0.6) is 0 Å². The number of anilines is 1. The van der Waals surface area contributed by atoms with Crippen LogP contribution in [0.2, 0.25) is 0 Å². The third-order valence-corrected chi connectivity index (χ3v) is 4.16. The minimum absolute atomic E-state index is 0.928. The van der Waals surface area contributed by atoms with Crippen LogP contribution in [0.3, 0.4) is 0 Å². The molecule has 1 aromatic heterocycles. The number of nitrogens with one attached hydrogen (secondary N) is 1. The molecule has 3 nitrogen and oxygen atoms in total. The highest BCUT2D eigenvalue weighted by atomic mass is 32.2. The summed E-state index contributed by atoms with van der Waals surface area (Å²) in [7, 11) is 0. The van der Waals surface area contributed by atoms with E-state index in [0.717, 1.165) is 32.0 Å². The summed E-state index contributed by atoms with van der Waals surface area (Å²) in [6.45, 7) is 6.46. The molecular weight excluding hydrogens is 242 g/mol. The molecule has 0 spiro atoms. The van der Waals surface area contributed by atoms with Gasteiger partial charge in [0.2, 0.25) is 0 Å². The van der Waals surface area contributed by atoms with Crippen molar-refractivity contribution >= 4 is 17.6 Å². The Balaban J connectivity index is 1.89. The number of thioether (sulfide) groups is 1. The van der Waals surface area contributed by atoms with Crippen molar-refractivity contribution in [2.45, 2.75) is 26.3 Å². The molecule has 1 aliphatic heterocycles. The second-order valence-corrected chi connectivity index (χ2v) is 5.88. The van der Waals surface area contributed by atoms with Crippen LogP contribution in [0.15, 0.2) is 18.3 Å². The van der Waals surface area contributed by atoms with Gasteiger partial charge in [0, 0.05) is 31.6 Å². The molecule has 18 heavy (non-hydrogen) atoms. The van der Waals surface area contributed by atoms with Crippen molar-refractivity contribution in [1.82, 2.24) is 10.3 Å². The van der Waals surface area contributed by atoms with Gasteiger partial charge in [0.25, 0.3) is 0 Å². The number of aromatic nitrogens is 1. The molecule has 2 rings (SSSR count). The summed E-state index contributed by atoms with van der Waals surface area (Å²) in [6, 6.07) is 4.36. The van der Waals surface area contributed by atoms with E-state index in [9.17, 15) is 0 Å². The van der Waals surface area contributed by atoms with E-state index >= 15 is 0 Å². The lowest BCUT2D eigenvalue weighted by atomic mass is 10.2. The fourth-order valence-electron chi connectivity index (χ4n) is 2.09. The van der Waals surface area contributed by atoms with E-state index in [1.54, 1.807) is 0 Å². The quantitative estimate of drug-likeness (QED) is 0.828. The number of nitrogens with zero attached hydrogens (tertiary/aromatic N) is 2. The second kappa shape index (κ2) is 7.64. The van der Waals surface area contributed by atoms with Gasteiger partial charge in [-0.2, -0.15) is 11.8 Å². The molecule has 0 aliphatic carbocycles. The summed E-state index contributed by atoms with van der Waals surface area (Å²) in [5, 5.41) is 3.40. The van der Waals surface area contributed by atoms with Crippen LogP contribution in [0, 0.1) is 0 Å². The Hall–Kier alpha value is -0.740. The van der Waals surface area contributed by atoms with Gasteiger partial charge in [-0.05, 0) is 36.8 Å². The highest BCUT2D eigenvalue weighted by Crippen LogP contribution is 2.17. The van der Waals surface area contributed by atoms with Crippen molar-refractivity contribution in [2.24, 2.45) is 0 Å². The molecule has 1 saturated heterocycles. The van der Waals surface area contributed by atoms with Crippen LogP contribution in [0.25, 0.3) is 0 Å². The molecule has 1 fully saturated rings. The van der Waals surface area contributed by atoms with Gasteiger partial charge < -0.3 is 10.2 Å². The summed E-state index contributed by atoms with van der Waals surface area (Å²) in [5.74, 6) is 3.65. The largest absolute Gasteiger partial charge is 0.356 e. The molecule has 0 bridgehead atoms. The maximum Gasteiger partial charge on any atom is 0.128 e. The Bertz CT molecular complexity index is 331. The van der Waals surface area contributed by atoms with Gasteiger partial charge in [-0.15, -0.1) is 0 Å². The minimum Gasteiger partial charge on any atom is -0.356 e. The molecule has 1 aromatic rings. The number of hydrogen-bond donors (Lipinski definition) is 1. The first-order valence-corrected chi connectivity index (χ1v) is 8.04. The third-order valence-electron chi connectivity index (χ3n) is 3.11. The Morgan fingerprint density at radius 1 is 1.33 bits per heavy atom. The first kappa shape index (κ1) is 13.7. The zero-order valence-electron chi connectivity index (χ0n) is 11.2. The monoisotopic (exact) mass is 265 g/mol. The molecule has 2 heterocycles. The average Bonchev–Trinajstić information content (AvgIpc) is 2.69. The van der Waals surface area contributed by atoms with Gasteiger partial charge in [-0.25, -0.2) is 4.98 Å². The van der Waals surface area contributed by atoms with E-state index < -0.39 is 0 Å². The Labute approximate surface area is 114 Å². The highest BCUT2D eigenvalue weighted by Gasteiger charge is 2.10. The predicted octanol–water partition coefficient (Wildman–Crippen LogP) is 2.52. The lowest BCUT2D eigenvalue weighted by Gasteiger charge is -2.21. The number of pyridine rings is 1. The van der Waals surface area contributed by atoms with Crippen molar-refractivity contribution in [1.29, 1.82) is 0 Å². The summed E-state index contributed by atoms with van der Waals surface area (Å²) in [5.41, 5.74) is 1.27. The summed E-state index contributed by atoms with van der Waals surface area (Å²) < 4.78 is 0. The molecule has 0 atom stereocenters. The Morgan fingerprint density at radius 2 is 2.28 bits per heavy atom. The molecule has 1 N–H and O–H groups in total. The molecule has 0 radical (unpaired) electrons. The Kier molecular flexibility index (Phi) is 5.81. The zero-order valence-corrected chi connectivity index (χ0v) is 12.0. The van der Waals surface area contributed by atoms with Crippen LogP contribution >= 0.6 is 11.8 Å². The Morgan fingerprint density at radius 3 is 3.06 bits per heavy atom. The molecule has 100 valence electrons. The molecule has 0 saturated carbocycles. The lowest BCUT2D eigenvalue weighted by molar-refractivity contribution is 0.673. The van der Waals surface area contributed by atoms with E-state index in [1.807, 2.05) is 6.20 Å². The smallest absolute Gasteiger partial charge is 0.128 e. The van der Waals surface area contributed by atoms with Crippen molar-refractivity contribution in [2.75, 3.05) is 36.0 Å². The molecule has 0 aromatic carbocycles. The maximum atomic E-state index is 4.60. The molecule has 0 amide bonds. The average molecular weight is 265 g/mol. The number of hydrogen-bond acceptors (Lipinski definition) is 4. The molecule has 4 heteroatoms. The highest BCUT2D eigenvalue weighted by molar-refractivity contribution is 7.99. The van der Waals surface area contributed by atoms with Crippen LogP contribution in [0.1, 0.15) is 25.3 Å². The minimum atomic E-state index is 0.928. The van der Waals surface area contributed by atoms with Crippen molar-refractivity contribution in [3.05, 3.63) is 23.9 Å². The van der Waals surface area contributed by atoms with E-state index in [4.69, 9.17) is 0 Å². The second-order valence-electron chi connectivity index (χ2n) is 4.65. The SMILES string of the molecule is CCCNCc1ccc(N2CCCSCC2)nc1. The third kappa shape index (κ3) is 4.18. The van der Waals surface area contributed by atoms with Gasteiger partial charge >= 0.3 is 0 Å². The van der Waals surface area contributed by atoms with Crippen LogP contribution in [-0.2, 0) is 6.54 Å². The van der Waals surface area contributed by atoms with Gasteiger partial charge in [-0.1, -0.05) is 13.0 Å². The van der Waals surface area contributed by atoms with Gasteiger partial charge in [0.05, 0.1) is 0 Å². The van der Waals surface area contributed by atoms with Gasteiger partial charge in [-0.3, -0.25) is 0 Å². The van der Waals surface area contributed by atoms with E-state index in [-0.39, 0.29) is 0 Å². The van der Waals surface area contributed by atoms with E-state index in [1.165, 1.54) is 29.9 Å². The van der Waals surface area contributed by atoms with Gasteiger partial charge in [0.1, 0.15) is 5.82 Å². The van der Waals surface area contributed by atoms with Crippen LogP contribution < -0.4 is 10.2 Å². The summed E-state index contributed by atoms with van der Waals surface area (Å²) in [4.78, 5) is 7.01. The first-order valence-electron chi connectivity index (χ1n) is 6.88. The maximum absolute atomic E-state index is 4.60. The van der Waals surface area contributed by atoms with Crippen molar-refractivity contribution < 1.29 is 0 Å². The van der Waals surface area contributed by atoms with Gasteiger partial charge in [0.15, 0.2) is 0 Å². The topological polar surface area (TPSA) is 28.2 Å². The molecule has 1 aliphatic rings. The summed E-state index contributed by atoms with van der Waals surface area (Å²) >= 11 is 2.05. The zero-order chi connectivity index (χ0) is 12.6. The fourth-order valence-corrected chi connectivity index (χ4v) is 2.98. The van der Waals surface area contributed by atoms with E-state index in [2.05, 4.69) is 46.0 Å². The van der Waals surface area contributed by atoms with Crippen LogP contribution in [-0.4, -0.2) is 36.1 Å². The molecule has 0 unspecified atom stereocenters. The number of rotatable bonds is 5. The fraction of sp³-hybridized carbons (Fsp3) is 0.643. The van der Waals surface area contributed by atoms with Crippen LogP contribution in [0.4, 0.5) is 5.82 Å². The van der Waals surface area contributed by atoms with E-state index in [0.29, 0.717) is 0 Å². The van der Waals surface area contributed by atoms with Crippen molar-refractivity contribution in [3.8, 4) is 0 Å². The molecular formula is C14H23N3S. The first-order chi connectivity index (χ1) is 8.90. The van der Waals surface area contributed by atoms with Crippen molar-refractivity contribution in [3.63, 3.8) is 0 Å². The summed E-state index contributed by atoms with van der Waals surface area (Å²) in [6.07, 6.45) is 4.46. The standard InChI is InChI=1S/C14H23N3S/c1-2-6-15-11-13-4-5-14(16-12-13)17-7-3-9-18-10-8-17/h4-5,12,15H,2-3,6-11H2,1H3. The normalized spacial score (nSPS) is 16.6. The lowest BCUT2D eigenvalue weighted by Crippen LogP contribution is -2.26.